The van der Waals surface area contributed by atoms with E-state index in [9.17, 15) is 5.11 Å². The first-order chi connectivity index (χ1) is 7.75. The zero-order valence-corrected chi connectivity index (χ0v) is 9.99. The SMILES string of the molecule is OC(Cc1ccccc1Cl)CC1CCCO1. The van der Waals surface area contributed by atoms with Crippen molar-refractivity contribution < 1.29 is 9.84 Å². The predicted octanol–water partition coefficient (Wildman–Crippen LogP) is 2.81. The van der Waals surface area contributed by atoms with Crippen LogP contribution in [0.4, 0.5) is 0 Å². The Bertz CT molecular complexity index is 334. The topological polar surface area (TPSA) is 29.5 Å². The number of aliphatic hydroxyl groups is 1. The summed E-state index contributed by atoms with van der Waals surface area (Å²) in [6, 6.07) is 7.66. The predicted molar refractivity (Wildman–Crippen MR) is 64.8 cm³/mol. The van der Waals surface area contributed by atoms with Crippen LogP contribution in [0, 0.1) is 0 Å². The molecule has 16 heavy (non-hydrogen) atoms. The van der Waals surface area contributed by atoms with E-state index >= 15 is 0 Å². The van der Waals surface area contributed by atoms with Gasteiger partial charge in [-0.2, -0.15) is 0 Å². The Hall–Kier alpha value is -0.570. The molecule has 0 spiro atoms. The molecule has 88 valence electrons. The van der Waals surface area contributed by atoms with Crippen molar-refractivity contribution in [3.05, 3.63) is 34.9 Å². The second kappa shape index (κ2) is 5.67. The molecule has 1 heterocycles. The van der Waals surface area contributed by atoms with Crippen molar-refractivity contribution in [1.82, 2.24) is 0 Å². The van der Waals surface area contributed by atoms with Gasteiger partial charge < -0.3 is 9.84 Å². The first kappa shape index (κ1) is 11.9. The van der Waals surface area contributed by atoms with Crippen molar-refractivity contribution in [2.45, 2.75) is 37.9 Å². The number of aliphatic hydroxyl groups excluding tert-OH is 1. The van der Waals surface area contributed by atoms with E-state index in [0.29, 0.717) is 12.8 Å². The lowest BCUT2D eigenvalue weighted by molar-refractivity contribution is 0.0541. The first-order valence-corrected chi connectivity index (χ1v) is 6.16. The summed E-state index contributed by atoms with van der Waals surface area (Å²) in [4.78, 5) is 0. The molecule has 0 saturated carbocycles. The maximum absolute atomic E-state index is 9.95. The Morgan fingerprint density at radius 3 is 2.94 bits per heavy atom. The van der Waals surface area contributed by atoms with Crippen molar-refractivity contribution in [3.8, 4) is 0 Å². The van der Waals surface area contributed by atoms with Crippen molar-refractivity contribution in [3.63, 3.8) is 0 Å². The molecule has 1 aromatic carbocycles. The van der Waals surface area contributed by atoms with Gasteiger partial charge in [-0.25, -0.2) is 0 Å². The van der Waals surface area contributed by atoms with Crippen molar-refractivity contribution in [2.75, 3.05) is 6.61 Å². The number of ether oxygens (including phenoxy) is 1. The van der Waals surface area contributed by atoms with Crippen LogP contribution < -0.4 is 0 Å². The molecule has 0 aromatic heterocycles. The third-order valence-corrected chi connectivity index (χ3v) is 3.34. The van der Waals surface area contributed by atoms with Crippen LogP contribution >= 0.6 is 11.6 Å². The highest BCUT2D eigenvalue weighted by Crippen LogP contribution is 2.21. The molecule has 0 radical (unpaired) electrons. The lowest BCUT2D eigenvalue weighted by atomic mass is 10.0. The molecule has 1 aliphatic rings. The van der Waals surface area contributed by atoms with Crippen LogP contribution in [0.3, 0.4) is 0 Å². The Balaban J connectivity index is 1.86. The molecule has 2 rings (SSSR count). The van der Waals surface area contributed by atoms with E-state index in [1.807, 2.05) is 24.3 Å². The molecule has 0 aliphatic carbocycles. The lowest BCUT2D eigenvalue weighted by Crippen LogP contribution is -2.19. The van der Waals surface area contributed by atoms with E-state index < -0.39 is 0 Å². The largest absolute Gasteiger partial charge is 0.393 e. The summed E-state index contributed by atoms with van der Waals surface area (Å²) >= 11 is 6.04. The van der Waals surface area contributed by atoms with Crippen LogP contribution in [0.2, 0.25) is 5.02 Å². The molecule has 2 nitrogen and oxygen atoms in total. The molecule has 0 bridgehead atoms. The maximum atomic E-state index is 9.95. The fraction of sp³-hybridized carbons (Fsp3) is 0.538. The van der Waals surface area contributed by atoms with Gasteiger partial charge in [-0.1, -0.05) is 29.8 Å². The summed E-state index contributed by atoms with van der Waals surface area (Å²) in [6.45, 7) is 0.837. The normalized spacial score (nSPS) is 22.2. The molecular weight excluding hydrogens is 224 g/mol. The van der Waals surface area contributed by atoms with Crippen LogP contribution in [-0.2, 0) is 11.2 Å². The molecule has 1 N–H and O–H groups in total. The summed E-state index contributed by atoms with van der Waals surface area (Å²) in [7, 11) is 0. The van der Waals surface area contributed by atoms with E-state index in [1.165, 1.54) is 0 Å². The third kappa shape index (κ3) is 3.21. The summed E-state index contributed by atoms with van der Waals surface area (Å²) in [5.74, 6) is 0. The summed E-state index contributed by atoms with van der Waals surface area (Å²) in [5.41, 5.74) is 1.01. The monoisotopic (exact) mass is 240 g/mol. The van der Waals surface area contributed by atoms with Crippen molar-refractivity contribution in [1.29, 1.82) is 0 Å². The highest BCUT2D eigenvalue weighted by Gasteiger charge is 2.19. The molecule has 1 aliphatic heterocycles. The zero-order valence-electron chi connectivity index (χ0n) is 9.23. The minimum Gasteiger partial charge on any atom is -0.393 e. The second-order valence-corrected chi connectivity index (χ2v) is 4.73. The molecule has 1 saturated heterocycles. The van der Waals surface area contributed by atoms with Crippen LogP contribution in [0.1, 0.15) is 24.8 Å². The second-order valence-electron chi connectivity index (χ2n) is 4.32. The number of hydrogen-bond donors (Lipinski definition) is 1. The number of hydrogen-bond acceptors (Lipinski definition) is 2. The minimum atomic E-state index is -0.358. The minimum absolute atomic E-state index is 0.234. The van der Waals surface area contributed by atoms with Gasteiger partial charge in [-0.3, -0.25) is 0 Å². The molecule has 2 atom stereocenters. The number of benzene rings is 1. The standard InChI is InChI=1S/C13H17ClO2/c14-13-6-2-1-4-10(13)8-11(15)9-12-5-3-7-16-12/h1-2,4,6,11-12,15H,3,5,7-9H2. The van der Waals surface area contributed by atoms with Crippen LogP contribution in [0.5, 0.6) is 0 Å². The highest BCUT2D eigenvalue weighted by molar-refractivity contribution is 6.31. The summed E-state index contributed by atoms with van der Waals surface area (Å²) in [5, 5.41) is 10.7. The quantitative estimate of drug-likeness (QED) is 0.877. The Morgan fingerprint density at radius 1 is 1.44 bits per heavy atom. The Labute approximate surface area is 101 Å². The van der Waals surface area contributed by atoms with Gasteiger partial charge in [-0.05, 0) is 37.3 Å². The van der Waals surface area contributed by atoms with Gasteiger partial charge in [0, 0.05) is 11.6 Å². The number of rotatable bonds is 4. The van der Waals surface area contributed by atoms with E-state index in [2.05, 4.69) is 0 Å². The van der Waals surface area contributed by atoms with Crippen LogP contribution in [0.25, 0.3) is 0 Å². The molecule has 2 unspecified atom stereocenters. The van der Waals surface area contributed by atoms with Gasteiger partial charge in [0.25, 0.3) is 0 Å². The Kier molecular flexibility index (Phi) is 4.22. The van der Waals surface area contributed by atoms with Gasteiger partial charge >= 0.3 is 0 Å². The zero-order chi connectivity index (χ0) is 11.4. The molecular formula is C13H17ClO2. The van der Waals surface area contributed by atoms with Gasteiger partial charge in [0.2, 0.25) is 0 Å². The van der Waals surface area contributed by atoms with E-state index in [0.717, 1.165) is 30.0 Å². The third-order valence-electron chi connectivity index (χ3n) is 2.97. The van der Waals surface area contributed by atoms with Crippen LogP contribution in [0.15, 0.2) is 24.3 Å². The smallest absolute Gasteiger partial charge is 0.0605 e. The van der Waals surface area contributed by atoms with Crippen LogP contribution in [-0.4, -0.2) is 23.9 Å². The molecule has 1 fully saturated rings. The highest BCUT2D eigenvalue weighted by atomic mass is 35.5. The average molecular weight is 241 g/mol. The molecule has 0 amide bonds. The molecule has 3 heteroatoms. The van der Waals surface area contributed by atoms with Gasteiger partial charge in [0.05, 0.1) is 12.2 Å². The average Bonchev–Trinajstić information content (AvgIpc) is 2.74. The maximum Gasteiger partial charge on any atom is 0.0605 e. The summed E-state index contributed by atoms with van der Waals surface area (Å²) in [6.07, 6.45) is 3.38. The molecule has 1 aromatic rings. The van der Waals surface area contributed by atoms with Crippen molar-refractivity contribution in [2.24, 2.45) is 0 Å². The van der Waals surface area contributed by atoms with Gasteiger partial charge in [-0.15, -0.1) is 0 Å². The van der Waals surface area contributed by atoms with Crippen molar-refractivity contribution >= 4 is 11.6 Å². The van der Waals surface area contributed by atoms with Gasteiger partial charge in [0.15, 0.2) is 0 Å². The summed E-state index contributed by atoms with van der Waals surface area (Å²) < 4.78 is 5.50. The van der Waals surface area contributed by atoms with E-state index in [1.54, 1.807) is 0 Å². The van der Waals surface area contributed by atoms with E-state index in [4.69, 9.17) is 16.3 Å². The lowest BCUT2D eigenvalue weighted by Gasteiger charge is -2.15. The fourth-order valence-corrected chi connectivity index (χ4v) is 2.35. The number of halogens is 1. The first-order valence-electron chi connectivity index (χ1n) is 5.79. The van der Waals surface area contributed by atoms with Gasteiger partial charge in [0.1, 0.15) is 0 Å². The van der Waals surface area contributed by atoms with E-state index in [-0.39, 0.29) is 12.2 Å². The fourth-order valence-electron chi connectivity index (χ4n) is 2.13. The Morgan fingerprint density at radius 2 is 2.25 bits per heavy atom.